The number of halogens is 1. The van der Waals surface area contributed by atoms with E-state index >= 15 is 0 Å². The fourth-order valence-corrected chi connectivity index (χ4v) is 3.02. The van der Waals surface area contributed by atoms with E-state index in [0.29, 0.717) is 0 Å². The van der Waals surface area contributed by atoms with Gasteiger partial charge in [-0.2, -0.15) is 5.10 Å². The van der Waals surface area contributed by atoms with Crippen LogP contribution in [0.2, 0.25) is 0 Å². The molecule has 1 aromatic carbocycles. The molecule has 6 heteroatoms. The molecule has 0 unspecified atom stereocenters. The van der Waals surface area contributed by atoms with Crippen LogP contribution in [0.4, 0.5) is 5.82 Å². The largest absolute Gasteiger partial charge is 0.454 e. The van der Waals surface area contributed by atoms with Crippen molar-refractivity contribution in [1.82, 2.24) is 15.5 Å². The molecule has 4 rings (SSSR count). The number of furan rings is 1. The van der Waals surface area contributed by atoms with Crippen LogP contribution in [0.1, 0.15) is 0 Å². The molecule has 2 aromatic heterocycles. The maximum absolute atomic E-state index is 5.89. The number of anilines is 1. The highest BCUT2D eigenvalue weighted by atomic mass is 79.9. The van der Waals surface area contributed by atoms with Gasteiger partial charge in [-0.3, -0.25) is 5.10 Å². The Labute approximate surface area is 130 Å². The first-order chi connectivity index (χ1) is 10.3. The Bertz CT molecular complexity index is 773. The summed E-state index contributed by atoms with van der Waals surface area (Å²) in [5, 5.41) is 11.9. The standard InChI is InChI=1S/C15H15BrN4O/c16-11-1-2-13-10(7-11)8-14(21-13)12-9-15(19-18-12)20-5-3-17-4-6-20/h1-2,7-9,17H,3-6H2,(H,18,19). The molecule has 1 saturated heterocycles. The molecule has 0 radical (unpaired) electrons. The molecular formula is C15H15BrN4O. The first-order valence-electron chi connectivity index (χ1n) is 7.00. The Kier molecular flexibility index (Phi) is 3.20. The van der Waals surface area contributed by atoms with Crippen LogP contribution in [-0.2, 0) is 0 Å². The lowest BCUT2D eigenvalue weighted by Crippen LogP contribution is -2.43. The molecule has 0 atom stereocenters. The van der Waals surface area contributed by atoms with Crippen molar-refractivity contribution in [1.29, 1.82) is 0 Å². The van der Waals surface area contributed by atoms with Crippen LogP contribution in [0, 0.1) is 0 Å². The van der Waals surface area contributed by atoms with Crippen molar-refractivity contribution in [2.45, 2.75) is 0 Å². The number of hydrogen-bond acceptors (Lipinski definition) is 4. The summed E-state index contributed by atoms with van der Waals surface area (Å²) in [6, 6.07) is 10.1. The Balaban J connectivity index is 1.67. The van der Waals surface area contributed by atoms with E-state index in [0.717, 1.165) is 58.9 Å². The molecule has 5 nitrogen and oxygen atoms in total. The minimum atomic E-state index is 0.817. The summed E-state index contributed by atoms with van der Waals surface area (Å²) < 4.78 is 6.94. The molecular weight excluding hydrogens is 332 g/mol. The number of benzene rings is 1. The normalized spacial score (nSPS) is 15.8. The number of H-pyrrole nitrogens is 1. The molecule has 2 N–H and O–H groups in total. The SMILES string of the molecule is Brc1ccc2oc(-c3cc(N4CCNCC4)n[nH]3)cc2c1. The number of nitrogens with zero attached hydrogens (tertiary/aromatic N) is 2. The third kappa shape index (κ3) is 2.45. The van der Waals surface area contributed by atoms with Crippen molar-refractivity contribution in [2.75, 3.05) is 31.1 Å². The van der Waals surface area contributed by atoms with Gasteiger partial charge in [-0.05, 0) is 24.3 Å². The smallest absolute Gasteiger partial charge is 0.153 e. The van der Waals surface area contributed by atoms with Gasteiger partial charge in [0.2, 0.25) is 0 Å². The van der Waals surface area contributed by atoms with Gasteiger partial charge < -0.3 is 14.6 Å². The molecule has 0 amide bonds. The molecule has 108 valence electrons. The summed E-state index contributed by atoms with van der Waals surface area (Å²) in [5.74, 6) is 1.80. The average Bonchev–Trinajstić information content (AvgIpc) is 3.14. The Hall–Kier alpha value is -1.79. The second-order valence-electron chi connectivity index (χ2n) is 5.17. The van der Waals surface area contributed by atoms with Gasteiger partial charge in [0.25, 0.3) is 0 Å². The second-order valence-corrected chi connectivity index (χ2v) is 6.09. The molecule has 3 heterocycles. The molecule has 3 aromatic rings. The van der Waals surface area contributed by atoms with Gasteiger partial charge in [-0.15, -0.1) is 0 Å². The van der Waals surface area contributed by atoms with E-state index in [-0.39, 0.29) is 0 Å². The zero-order valence-corrected chi connectivity index (χ0v) is 13.0. The molecule has 0 spiro atoms. The summed E-state index contributed by atoms with van der Waals surface area (Å²) in [7, 11) is 0. The average molecular weight is 347 g/mol. The molecule has 21 heavy (non-hydrogen) atoms. The summed E-state index contributed by atoms with van der Waals surface area (Å²) in [4.78, 5) is 2.27. The fourth-order valence-electron chi connectivity index (χ4n) is 2.64. The van der Waals surface area contributed by atoms with E-state index in [1.807, 2.05) is 18.2 Å². The van der Waals surface area contributed by atoms with E-state index in [2.05, 4.69) is 48.5 Å². The lowest BCUT2D eigenvalue weighted by Gasteiger charge is -2.26. The number of nitrogens with one attached hydrogen (secondary N) is 2. The maximum Gasteiger partial charge on any atom is 0.153 e. The van der Waals surface area contributed by atoms with Gasteiger partial charge in [-0.25, -0.2) is 0 Å². The third-order valence-corrected chi connectivity index (χ3v) is 4.24. The molecule has 1 aliphatic rings. The van der Waals surface area contributed by atoms with Gasteiger partial charge in [-0.1, -0.05) is 15.9 Å². The van der Waals surface area contributed by atoms with Crippen LogP contribution in [0.5, 0.6) is 0 Å². The first kappa shape index (κ1) is 12.9. The lowest BCUT2D eigenvalue weighted by atomic mass is 10.2. The number of rotatable bonds is 2. The Morgan fingerprint density at radius 3 is 2.86 bits per heavy atom. The lowest BCUT2D eigenvalue weighted by molar-refractivity contribution is 0.584. The number of aromatic amines is 1. The second kappa shape index (κ2) is 5.20. The van der Waals surface area contributed by atoms with Gasteiger partial charge in [0, 0.05) is 42.1 Å². The minimum absolute atomic E-state index is 0.817. The van der Waals surface area contributed by atoms with Gasteiger partial charge >= 0.3 is 0 Å². The van der Waals surface area contributed by atoms with Gasteiger partial charge in [0.15, 0.2) is 11.6 Å². The summed E-state index contributed by atoms with van der Waals surface area (Å²) in [5.41, 5.74) is 1.79. The Morgan fingerprint density at radius 2 is 2.00 bits per heavy atom. The van der Waals surface area contributed by atoms with Crippen LogP contribution < -0.4 is 10.2 Å². The highest BCUT2D eigenvalue weighted by Crippen LogP contribution is 2.30. The number of hydrogen-bond donors (Lipinski definition) is 2. The quantitative estimate of drug-likeness (QED) is 0.748. The summed E-state index contributed by atoms with van der Waals surface area (Å²) in [6.45, 7) is 3.97. The molecule has 0 bridgehead atoms. The minimum Gasteiger partial charge on any atom is -0.454 e. The molecule has 1 fully saturated rings. The van der Waals surface area contributed by atoms with Crippen molar-refractivity contribution in [3.8, 4) is 11.5 Å². The number of fused-ring (bicyclic) bond motifs is 1. The highest BCUT2D eigenvalue weighted by Gasteiger charge is 2.15. The van der Waals surface area contributed by atoms with Crippen molar-refractivity contribution in [3.63, 3.8) is 0 Å². The monoisotopic (exact) mass is 346 g/mol. The van der Waals surface area contributed by atoms with Crippen LogP contribution >= 0.6 is 15.9 Å². The van der Waals surface area contributed by atoms with Crippen molar-refractivity contribution in [2.24, 2.45) is 0 Å². The molecule has 0 aliphatic carbocycles. The summed E-state index contributed by atoms with van der Waals surface area (Å²) >= 11 is 3.48. The van der Waals surface area contributed by atoms with Gasteiger partial charge in [0.1, 0.15) is 11.3 Å². The van der Waals surface area contributed by atoms with Crippen LogP contribution in [0.15, 0.2) is 39.2 Å². The van der Waals surface area contributed by atoms with E-state index in [9.17, 15) is 0 Å². The van der Waals surface area contributed by atoms with Crippen LogP contribution in [-0.4, -0.2) is 36.4 Å². The number of aromatic nitrogens is 2. The topological polar surface area (TPSA) is 57.1 Å². The van der Waals surface area contributed by atoms with Crippen molar-refractivity contribution < 1.29 is 4.42 Å². The predicted molar refractivity (Wildman–Crippen MR) is 86.6 cm³/mol. The van der Waals surface area contributed by atoms with E-state index in [4.69, 9.17) is 4.42 Å². The number of piperazine rings is 1. The Morgan fingerprint density at radius 1 is 1.14 bits per heavy atom. The summed E-state index contributed by atoms with van der Waals surface area (Å²) in [6.07, 6.45) is 0. The molecule has 1 aliphatic heterocycles. The zero-order chi connectivity index (χ0) is 14.2. The van der Waals surface area contributed by atoms with E-state index in [1.165, 1.54) is 0 Å². The third-order valence-electron chi connectivity index (χ3n) is 3.75. The van der Waals surface area contributed by atoms with Crippen molar-refractivity contribution in [3.05, 3.63) is 34.8 Å². The van der Waals surface area contributed by atoms with E-state index in [1.54, 1.807) is 0 Å². The van der Waals surface area contributed by atoms with E-state index < -0.39 is 0 Å². The van der Waals surface area contributed by atoms with Crippen molar-refractivity contribution >= 4 is 32.7 Å². The highest BCUT2D eigenvalue weighted by molar-refractivity contribution is 9.10. The maximum atomic E-state index is 5.89. The predicted octanol–water partition coefficient (Wildman–Crippen LogP) is 3.00. The first-order valence-corrected chi connectivity index (χ1v) is 7.79. The zero-order valence-electron chi connectivity index (χ0n) is 11.4. The van der Waals surface area contributed by atoms with Crippen LogP contribution in [0.25, 0.3) is 22.4 Å². The molecule has 0 saturated carbocycles. The fraction of sp³-hybridized carbons (Fsp3) is 0.267. The van der Waals surface area contributed by atoms with Crippen LogP contribution in [0.3, 0.4) is 0 Å². The van der Waals surface area contributed by atoms with Gasteiger partial charge in [0.05, 0.1) is 0 Å².